The molecule has 1 aromatic rings. The van der Waals surface area contributed by atoms with Crippen molar-refractivity contribution in [2.75, 3.05) is 18.9 Å². The van der Waals surface area contributed by atoms with Gasteiger partial charge in [0.2, 0.25) is 0 Å². The number of nitrogen functional groups attached to an aromatic ring is 1. The van der Waals surface area contributed by atoms with Gasteiger partial charge in [0.1, 0.15) is 5.75 Å². The lowest BCUT2D eigenvalue weighted by atomic mass is 10.1. The number of ether oxygens (including phenoxy) is 1. The Balaban J connectivity index is 2.72. The molecule has 0 saturated carbocycles. The highest BCUT2D eigenvalue weighted by atomic mass is 16.5. The van der Waals surface area contributed by atoms with E-state index < -0.39 is 0 Å². The van der Waals surface area contributed by atoms with Crippen molar-refractivity contribution >= 4 is 11.6 Å². The fraction of sp³-hybridized carbons (Fsp3) is 0.462. The van der Waals surface area contributed by atoms with Crippen LogP contribution in [0.25, 0.3) is 0 Å². The number of rotatable bonds is 5. The summed E-state index contributed by atoms with van der Waals surface area (Å²) in [6, 6.07) is 5.08. The second-order valence-electron chi connectivity index (χ2n) is 4.29. The summed E-state index contributed by atoms with van der Waals surface area (Å²) in [7, 11) is 0. The van der Waals surface area contributed by atoms with Crippen LogP contribution in [0.3, 0.4) is 0 Å². The van der Waals surface area contributed by atoms with Crippen LogP contribution in [0.5, 0.6) is 5.75 Å². The van der Waals surface area contributed by atoms with E-state index in [0.717, 1.165) is 0 Å². The van der Waals surface area contributed by atoms with E-state index in [-0.39, 0.29) is 5.91 Å². The lowest BCUT2D eigenvalue weighted by Crippen LogP contribution is -2.27. The highest BCUT2D eigenvalue weighted by molar-refractivity contribution is 5.95. The average molecular weight is 236 g/mol. The molecule has 3 N–H and O–H groups in total. The summed E-state index contributed by atoms with van der Waals surface area (Å²) in [4.78, 5) is 11.8. The first-order valence-electron chi connectivity index (χ1n) is 5.85. The van der Waals surface area contributed by atoms with Crippen LogP contribution in [0.15, 0.2) is 18.2 Å². The summed E-state index contributed by atoms with van der Waals surface area (Å²) in [6.45, 7) is 7.21. The van der Waals surface area contributed by atoms with E-state index in [9.17, 15) is 4.79 Å². The van der Waals surface area contributed by atoms with E-state index >= 15 is 0 Å². The molecule has 0 atom stereocenters. The Morgan fingerprint density at radius 3 is 2.71 bits per heavy atom. The summed E-state index contributed by atoms with van der Waals surface area (Å²) < 4.78 is 5.31. The normalized spacial score (nSPS) is 10.4. The molecule has 17 heavy (non-hydrogen) atoms. The van der Waals surface area contributed by atoms with Gasteiger partial charge in [0.15, 0.2) is 0 Å². The minimum atomic E-state index is -0.103. The molecular weight excluding hydrogens is 216 g/mol. The van der Waals surface area contributed by atoms with Crippen LogP contribution in [0.2, 0.25) is 0 Å². The molecule has 0 aromatic heterocycles. The van der Waals surface area contributed by atoms with Gasteiger partial charge in [0.25, 0.3) is 5.91 Å². The minimum absolute atomic E-state index is 0.103. The smallest absolute Gasteiger partial charge is 0.251 e. The van der Waals surface area contributed by atoms with E-state index in [2.05, 4.69) is 5.32 Å². The van der Waals surface area contributed by atoms with Gasteiger partial charge in [-0.05, 0) is 31.0 Å². The van der Waals surface area contributed by atoms with Crippen molar-refractivity contribution < 1.29 is 9.53 Å². The minimum Gasteiger partial charge on any atom is -0.492 e. The Hall–Kier alpha value is -1.71. The number of hydrogen-bond acceptors (Lipinski definition) is 3. The standard InChI is InChI=1S/C13H20N2O2/c1-4-17-12-6-5-10(7-11(12)14)13(16)15-8-9(2)3/h5-7,9H,4,8,14H2,1-3H3,(H,15,16). The third-order valence-corrected chi connectivity index (χ3v) is 2.24. The number of carbonyl (C=O) groups excluding carboxylic acids is 1. The predicted molar refractivity (Wildman–Crippen MR) is 69.2 cm³/mol. The second-order valence-corrected chi connectivity index (χ2v) is 4.29. The number of benzene rings is 1. The van der Waals surface area contributed by atoms with Crippen LogP contribution in [-0.2, 0) is 0 Å². The summed E-state index contributed by atoms with van der Waals surface area (Å²) in [5.74, 6) is 0.945. The predicted octanol–water partition coefficient (Wildman–Crippen LogP) is 2.05. The quantitative estimate of drug-likeness (QED) is 0.769. The average Bonchev–Trinajstić information content (AvgIpc) is 2.28. The maximum atomic E-state index is 11.8. The molecule has 1 aromatic carbocycles. The van der Waals surface area contributed by atoms with Crippen LogP contribution in [0, 0.1) is 5.92 Å². The number of carbonyl (C=O) groups is 1. The Kier molecular flexibility index (Phi) is 4.82. The van der Waals surface area contributed by atoms with Crippen molar-refractivity contribution in [2.45, 2.75) is 20.8 Å². The number of nitrogens with one attached hydrogen (secondary N) is 1. The van der Waals surface area contributed by atoms with Crippen molar-refractivity contribution in [3.05, 3.63) is 23.8 Å². The molecular formula is C13H20N2O2. The molecule has 0 saturated heterocycles. The molecule has 0 fully saturated rings. The Bertz CT molecular complexity index is 389. The maximum Gasteiger partial charge on any atom is 0.251 e. The lowest BCUT2D eigenvalue weighted by molar-refractivity contribution is 0.0949. The molecule has 4 heteroatoms. The van der Waals surface area contributed by atoms with Gasteiger partial charge in [0, 0.05) is 12.1 Å². The second kappa shape index (κ2) is 6.13. The molecule has 0 radical (unpaired) electrons. The SMILES string of the molecule is CCOc1ccc(C(=O)NCC(C)C)cc1N. The molecule has 4 nitrogen and oxygen atoms in total. The van der Waals surface area contributed by atoms with Crippen LogP contribution in [0.1, 0.15) is 31.1 Å². The van der Waals surface area contributed by atoms with Crippen molar-refractivity contribution in [3.8, 4) is 5.75 Å². The number of hydrogen-bond donors (Lipinski definition) is 2. The van der Waals surface area contributed by atoms with Gasteiger partial charge >= 0.3 is 0 Å². The topological polar surface area (TPSA) is 64.3 Å². The van der Waals surface area contributed by atoms with Gasteiger partial charge < -0.3 is 15.8 Å². The Morgan fingerprint density at radius 1 is 1.47 bits per heavy atom. The summed E-state index contributed by atoms with van der Waals surface area (Å²) in [6.07, 6.45) is 0. The molecule has 0 aliphatic carbocycles. The third kappa shape index (κ3) is 3.98. The molecule has 0 aliphatic rings. The molecule has 0 spiro atoms. The van der Waals surface area contributed by atoms with Crippen LogP contribution < -0.4 is 15.8 Å². The van der Waals surface area contributed by atoms with Crippen molar-refractivity contribution in [3.63, 3.8) is 0 Å². The number of anilines is 1. The maximum absolute atomic E-state index is 11.8. The Morgan fingerprint density at radius 2 is 2.18 bits per heavy atom. The zero-order valence-electron chi connectivity index (χ0n) is 10.6. The summed E-state index contributed by atoms with van der Waals surface area (Å²) >= 11 is 0. The molecule has 1 amide bonds. The van der Waals surface area contributed by atoms with Gasteiger partial charge in [-0.2, -0.15) is 0 Å². The fourth-order valence-corrected chi connectivity index (χ4v) is 1.38. The molecule has 0 unspecified atom stereocenters. The van der Waals surface area contributed by atoms with E-state index in [0.29, 0.717) is 36.1 Å². The number of amides is 1. The molecule has 94 valence electrons. The first-order chi connectivity index (χ1) is 8.04. The van der Waals surface area contributed by atoms with Crippen LogP contribution >= 0.6 is 0 Å². The first-order valence-corrected chi connectivity index (χ1v) is 5.85. The molecule has 0 bridgehead atoms. The fourth-order valence-electron chi connectivity index (χ4n) is 1.38. The summed E-state index contributed by atoms with van der Waals surface area (Å²) in [5.41, 5.74) is 6.85. The van der Waals surface area contributed by atoms with Crippen LogP contribution in [0.4, 0.5) is 5.69 Å². The van der Waals surface area contributed by atoms with Gasteiger partial charge in [0.05, 0.1) is 12.3 Å². The highest BCUT2D eigenvalue weighted by Crippen LogP contribution is 2.22. The van der Waals surface area contributed by atoms with E-state index in [1.165, 1.54) is 0 Å². The zero-order valence-corrected chi connectivity index (χ0v) is 10.6. The molecule has 1 rings (SSSR count). The van der Waals surface area contributed by atoms with Crippen molar-refractivity contribution in [1.82, 2.24) is 5.32 Å². The largest absolute Gasteiger partial charge is 0.492 e. The van der Waals surface area contributed by atoms with Crippen molar-refractivity contribution in [2.24, 2.45) is 5.92 Å². The van der Waals surface area contributed by atoms with E-state index in [4.69, 9.17) is 10.5 Å². The van der Waals surface area contributed by atoms with Crippen LogP contribution in [-0.4, -0.2) is 19.1 Å². The summed E-state index contributed by atoms with van der Waals surface area (Å²) in [5, 5.41) is 2.84. The molecule has 0 heterocycles. The van der Waals surface area contributed by atoms with Gasteiger partial charge in [-0.3, -0.25) is 4.79 Å². The van der Waals surface area contributed by atoms with Gasteiger partial charge in [-0.1, -0.05) is 13.8 Å². The third-order valence-electron chi connectivity index (χ3n) is 2.24. The van der Waals surface area contributed by atoms with Gasteiger partial charge in [-0.25, -0.2) is 0 Å². The number of nitrogens with two attached hydrogens (primary N) is 1. The van der Waals surface area contributed by atoms with E-state index in [1.54, 1.807) is 18.2 Å². The monoisotopic (exact) mass is 236 g/mol. The van der Waals surface area contributed by atoms with Crippen molar-refractivity contribution in [1.29, 1.82) is 0 Å². The first kappa shape index (κ1) is 13.4. The van der Waals surface area contributed by atoms with E-state index in [1.807, 2.05) is 20.8 Å². The van der Waals surface area contributed by atoms with Gasteiger partial charge in [-0.15, -0.1) is 0 Å². The lowest BCUT2D eigenvalue weighted by Gasteiger charge is -2.10. The molecule has 0 aliphatic heterocycles. The zero-order chi connectivity index (χ0) is 12.8. The highest BCUT2D eigenvalue weighted by Gasteiger charge is 2.08. The Labute approximate surface area is 102 Å².